The Morgan fingerprint density at radius 3 is 2.35 bits per heavy atom. The lowest BCUT2D eigenvalue weighted by atomic mass is 9.99. The Kier molecular flexibility index (Phi) is 6.14. The fourth-order valence-corrected chi connectivity index (χ4v) is 2.74. The largest absolute Gasteiger partial charge is 0.378 e. The average Bonchev–Trinajstić information content (AvgIpc) is 2.59. The highest BCUT2D eigenvalue weighted by Crippen LogP contribution is 2.17. The number of nitrogens with zero attached hydrogens (tertiary/aromatic N) is 2. The van der Waals surface area contributed by atoms with E-state index in [1.165, 1.54) is 0 Å². The van der Waals surface area contributed by atoms with Gasteiger partial charge in [0.1, 0.15) is 0 Å². The van der Waals surface area contributed by atoms with Gasteiger partial charge in [-0.05, 0) is 30.5 Å². The fourth-order valence-electron chi connectivity index (χ4n) is 2.74. The van der Waals surface area contributed by atoms with Crippen LogP contribution in [0.1, 0.15) is 37.9 Å². The van der Waals surface area contributed by atoms with E-state index in [1.54, 1.807) is 0 Å². The second kappa shape index (κ2) is 8.09. The molecule has 1 N–H and O–H groups in total. The number of hydrogen-bond acceptors (Lipinski definition) is 4. The summed E-state index contributed by atoms with van der Waals surface area (Å²) in [6.45, 7) is 8.71. The van der Waals surface area contributed by atoms with Gasteiger partial charge in [-0.15, -0.1) is 0 Å². The second-order valence-electron chi connectivity index (χ2n) is 6.28. The molecule has 0 unspecified atom stereocenters. The smallest absolute Gasteiger partial charge is 0.240 e. The minimum absolute atomic E-state index is 0.0418. The molecule has 1 aromatic carbocycles. The van der Waals surface area contributed by atoms with E-state index in [2.05, 4.69) is 25.2 Å². The number of ether oxygens (including phenoxy) is 1. The number of rotatable bonds is 5. The minimum Gasteiger partial charge on any atom is -0.378 e. The van der Waals surface area contributed by atoms with Gasteiger partial charge < -0.3 is 9.64 Å². The Morgan fingerprint density at radius 1 is 1.22 bits per heavy atom. The third-order valence-electron chi connectivity index (χ3n) is 4.22. The summed E-state index contributed by atoms with van der Waals surface area (Å²) in [5, 5.41) is 12.3. The van der Waals surface area contributed by atoms with E-state index in [9.17, 15) is 4.79 Å². The van der Waals surface area contributed by atoms with Crippen LogP contribution in [0, 0.1) is 17.2 Å². The van der Waals surface area contributed by atoms with E-state index in [0.29, 0.717) is 31.9 Å². The van der Waals surface area contributed by atoms with E-state index in [4.69, 9.17) is 10.00 Å². The topological polar surface area (TPSA) is 65.4 Å². The molecule has 1 amide bonds. The van der Waals surface area contributed by atoms with Crippen molar-refractivity contribution in [1.29, 1.82) is 5.26 Å². The third kappa shape index (κ3) is 4.54. The Hall–Kier alpha value is -1.90. The lowest BCUT2D eigenvalue weighted by molar-refractivity contribution is -0.138. The summed E-state index contributed by atoms with van der Waals surface area (Å²) in [6, 6.07) is 9.43. The van der Waals surface area contributed by atoms with E-state index in [-0.39, 0.29) is 23.9 Å². The number of hydrogen-bond donors (Lipinski definition) is 1. The van der Waals surface area contributed by atoms with Crippen molar-refractivity contribution in [2.24, 2.45) is 5.92 Å². The first kappa shape index (κ1) is 17.5. The summed E-state index contributed by atoms with van der Waals surface area (Å²) < 4.78 is 5.32. The van der Waals surface area contributed by atoms with Crippen LogP contribution in [0.3, 0.4) is 0 Å². The molecule has 2 atom stereocenters. The van der Waals surface area contributed by atoms with Crippen molar-refractivity contribution >= 4 is 5.91 Å². The molecule has 124 valence electrons. The van der Waals surface area contributed by atoms with Gasteiger partial charge in [-0.1, -0.05) is 26.0 Å². The highest BCUT2D eigenvalue weighted by Gasteiger charge is 2.29. The standard InChI is InChI=1S/C18H25N3O2/c1-13(2)17(18(22)21-8-10-23-11-9-21)20-14(3)16-6-4-15(12-19)5-7-16/h4-7,13-14,17,20H,8-11H2,1-3H3/t14-,17+/m0/s1. The van der Waals surface area contributed by atoms with Gasteiger partial charge in [-0.3, -0.25) is 10.1 Å². The van der Waals surface area contributed by atoms with Crippen LogP contribution in [-0.4, -0.2) is 43.2 Å². The maximum atomic E-state index is 12.8. The van der Waals surface area contributed by atoms with Crippen molar-refractivity contribution in [1.82, 2.24) is 10.2 Å². The quantitative estimate of drug-likeness (QED) is 0.903. The zero-order valence-electron chi connectivity index (χ0n) is 14.1. The lowest BCUT2D eigenvalue weighted by Gasteiger charge is -2.33. The van der Waals surface area contributed by atoms with Gasteiger partial charge in [0.15, 0.2) is 0 Å². The molecular weight excluding hydrogens is 290 g/mol. The lowest BCUT2D eigenvalue weighted by Crippen LogP contribution is -2.52. The first-order chi connectivity index (χ1) is 11.0. The van der Waals surface area contributed by atoms with Gasteiger partial charge in [-0.2, -0.15) is 5.26 Å². The number of morpholine rings is 1. The molecule has 1 fully saturated rings. The molecule has 1 saturated heterocycles. The summed E-state index contributed by atoms with van der Waals surface area (Å²) >= 11 is 0. The third-order valence-corrected chi connectivity index (χ3v) is 4.22. The Morgan fingerprint density at radius 2 is 1.83 bits per heavy atom. The summed E-state index contributed by atoms with van der Waals surface area (Å²) in [5.74, 6) is 0.343. The van der Waals surface area contributed by atoms with Crippen molar-refractivity contribution in [3.63, 3.8) is 0 Å². The fraction of sp³-hybridized carbons (Fsp3) is 0.556. The SMILES string of the molecule is CC(C)[C@@H](N[C@@H](C)c1ccc(C#N)cc1)C(=O)N1CCOCC1. The van der Waals surface area contributed by atoms with Crippen LogP contribution in [0.2, 0.25) is 0 Å². The normalized spacial score (nSPS) is 17.6. The van der Waals surface area contributed by atoms with Crippen LogP contribution in [0.5, 0.6) is 0 Å². The van der Waals surface area contributed by atoms with Crippen LogP contribution in [0.25, 0.3) is 0 Å². The molecule has 0 aliphatic carbocycles. The zero-order valence-corrected chi connectivity index (χ0v) is 14.1. The molecule has 0 spiro atoms. The molecule has 0 saturated carbocycles. The molecule has 0 radical (unpaired) electrons. The Labute approximate surface area is 138 Å². The van der Waals surface area contributed by atoms with Crippen LogP contribution >= 0.6 is 0 Å². The number of nitrogens with one attached hydrogen (secondary N) is 1. The van der Waals surface area contributed by atoms with E-state index in [0.717, 1.165) is 5.56 Å². The zero-order chi connectivity index (χ0) is 16.8. The average molecular weight is 315 g/mol. The number of amides is 1. The van der Waals surface area contributed by atoms with E-state index in [1.807, 2.05) is 36.1 Å². The summed E-state index contributed by atoms with van der Waals surface area (Å²) in [7, 11) is 0. The molecule has 5 heteroatoms. The van der Waals surface area contributed by atoms with Crippen molar-refractivity contribution in [2.75, 3.05) is 26.3 Å². The van der Waals surface area contributed by atoms with Crippen LogP contribution < -0.4 is 5.32 Å². The predicted octanol–water partition coefficient (Wildman–Crippen LogP) is 2.09. The Balaban J connectivity index is 2.05. The van der Waals surface area contributed by atoms with Crippen LogP contribution in [0.15, 0.2) is 24.3 Å². The van der Waals surface area contributed by atoms with Crippen molar-refractivity contribution in [3.05, 3.63) is 35.4 Å². The van der Waals surface area contributed by atoms with Crippen LogP contribution in [0.4, 0.5) is 0 Å². The highest BCUT2D eigenvalue weighted by atomic mass is 16.5. The molecular formula is C18H25N3O2. The number of carbonyl (C=O) groups excluding carboxylic acids is 1. The van der Waals surface area contributed by atoms with Crippen molar-refractivity contribution in [2.45, 2.75) is 32.9 Å². The van der Waals surface area contributed by atoms with Gasteiger partial charge in [0.05, 0.1) is 30.9 Å². The molecule has 5 nitrogen and oxygen atoms in total. The molecule has 0 bridgehead atoms. The molecule has 0 aromatic heterocycles. The molecule has 1 aromatic rings. The highest BCUT2D eigenvalue weighted by molar-refractivity contribution is 5.82. The molecule has 1 heterocycles. The summed E-state index contributed by atoms with van der Waals surface area (Å²) in [5.41, 5.74) is 1.72. The second-order valence-corrected chi connectivity index (χ2v) is 6.28. The first-order valence-corrected chi connectivity index (χ1v) is 8.15. The minimum atomic E-state index is -0.223. The van der Waals surface area contributed by atoms with E-state index < -0.39 is 0 Å². The number of benzene rings is 1. The summed E-state index contributed by atoms with van der Waals surface area (Å²) in [4.78, 5) is 14.7. The number of nitriles is 1. The van der Waals surface area contributed by atoms with Crippen molar-refractivity contribution < 1.29 is 9.53 Å². The first-order valence-electron chi connectivity index (χ1n) is 8.15. The van der Waals surface area contributed by atoms with Crippen LogP contribution in [-0.2, 0) is 9.53 Å². The van der Waals surface area contributed by atoms with Gasteiger partial charge in [-0.25, -0.2) is 0 Å². The maximum absolute atomic E-state index is 12.8. The molecule has 1 aliphatic rings. The Bertz CT molecular complexity index is 557. The maximum Gasteiger partial charge on any atom is 0.240 e. The van der Waals surface area contributed by atoms with Crippen molar-refractivity contribution in [3.8, 4) is 6.07 Å². The van der Waals surface area contributed by atoms with Gasteiger partial charge in [0, 0.05) is 19.1 Å². The predicted molar refractivity (Wildman–Crippen MR) is 88.7 cm³/mol. The van der Waals surface area contributed by atoms with Gasteiger partial charge in [0.25, 0.3) is 0 Å². The number of carbonyl (C=O) groups is 1. The monoisotopic (exact) mass is 315 g/mol. The molecule has 2 rings (SSSR count). The summed E-state index contributed by atoms with van der Waals surface area (Å²) in [6.07, 6.45) is 0. The molecule has 23 heavy (non-hydrogen) atoms. The molecule has 1 aliphatic heterocycles. The van der Waals surface area contributed by atoms with E-state index >= 15 is 0 Å². The van der Waals surface area contributed by atoms with Gasteiger partial charge in [0.2, 0.25) is 5.91 Å². The van der Waals surface area contributed by atoms with Gasteiger partial charge >= 0.3 is 0 Å².